The Bertz CT molecular complexity index is 571. The quantitative estimate of drug-likeness (QED) is 0.759. The van der Waals surface area contributed by atoms with Gasteiger partial charge in [-0.25, -0.2) is 4.39 Å². The predicted octanol–water partition coefficient (Wildman–Crippen LogP) is 4.36. The van der Waals surface area contributed by atoms with E-state index in [0.717, 1.165) is 9.50 Å². The minimum absolute atomic E-state index is 0.371. The molecule has 0 unspecified atom stereocenters. The SMILES string of the molecule is CSc1c(Br)c(-c2ccc(Cl)cc2F)nn1C. The maximum atomic E-state index is 13.8. The van der Waals surface area contributed by atoms with E-state index in [-0.39, 0.29) is 5.82 Å². The number of hydrogen-bond donors (Lipinski definition) is 0. The fourth-order valence-electron chi connectivity index (χ4n) is 1.56. The van der Waals surface area contributed by atoms with Gasteiger partial charge in [-0.3, -0.25) is 4.68 Å². The molecule has 1 heterocycles. The first-order valence-electron chi connectivity index (χ1n) is 4.76. The summed E-state index contributed by atoms with van der Waals surface area (Å²) >= 11 is 10.7. The summed E-state index contributed by atoms with van der Waals surface area (Å²) in [5.41, 5.74) is 1.03. The molecular weight excluding hydrogens is 327 g/mol. The van der Waals surface area contributed by atoms with Crippen LogP contribution in [0.25, 0.3) is 11.3 Å². The zero-order valence-electron chi connectivity index (χ0n) is 9.17. The summed E-state index contributed by atoms with van der Waals surface area (Å²) in [7, 11) is 1.83. The predicted molar refractivity (Wildman–Crippen MR) is 73.1 cm³/mol. The first kappa shape index (κ1) is 12.9. The maximum absolute atomic E-state index is 13.8. The van der Waals surface area contributed by atoms with Crippen LogP contribution in [0, 0.1) is 5.82 Å². The van der Waals surface area contributed by atoms with Gasteiger partial charge in [-0.2, -0.15) is 5.10 Å². The van der Waals surface area contributed by atoms with E-state index in [4.69, 9.17) is 11.6 Å². The monoisotopic (exact) mass is 334 g/mol. The van der Waals surface area contributed by atoms with E-state index >= 15 is 0 Å². The minimum atomic E-state index is -0.371. The highest BCUT2D eigenvalue weighted by molar-refractivity contribution is 9.10. The molecule has 1 aromatic heterocycles. The van der Waals surface area contributed by atoms with Crippen LogP contribution in [-0.4, -0.2) is 16.0 Å². The average molecular weight is 336 g/mol. The lowest BCUT2D eigenvalue weighted by molar-refractivity contribution is 0.629. The Morgan fingerprint density at radius 2 is 2.18 bits per heavy atom. The van der Waals surface area contributed by atoms with Crippen LogP contribution in [0.5, 0.6) is 0 Å². The van der Waals surface area contributed by atoms with Crippen molar-refractivity contribution in [2.75, 3.05) is 6.26 Å². The van der Waals surface area contributed by atoms with Crippen molar-refractivity contribution >= 4 is 39.3 Å². The average Bonchev–Trinajstić information content (AvgIpc) is 2.54. The van der Waals surface area contributed by atoms with Crippen molar-refractivity contribution in [1.82, 2.24) is 9.78 Å². The summed E-state index contributed by atoms with van der Waals surface area (Å²) in [6.45, 7) is 0. The van der Waals surface area contributed by atoms with Crippen molar-refractivity contribution in [1.29, 1.82) is 0 Å². The van der Waals surface area contributed by atoms with Gasteiger partial charge in [-0.15, -0.1) is 11.8 Å². The van der Waals surface area contributed by atoms with Gasteiger partial charge in [0.05, 0.1) is 4.47 Å². The summed E-state index contributed by atoms with van der Waals surface area (Å²) < 4.78 is 16.3. The summed E-state index contributed by atoms with van der Waals surface area (Å²) in [5, 5.41) is 5.64. The van der Waals surface area contributed by atoms with Crippen LogP contribution in [0.3, 0.4) is 0 Å². The van der Waals surface area contributed by atoms with Crippen molar-refractivity contribution in [2.24, 2.45) is 7.05 Å². The molecule has 6 heteroatoms. The van der Waals surface area contributed by atoms with Crippen molar-refractivity contribution in [3.05, 3.63) is 33.5 Å². The largest absolute Gasteiger partial charge is 0.260 e. The third-order valence-corrected chi connectivity index (χ3v) is 4.42. The molecule has 0 N–H and O–H groups in total. The molecule has 90 valence electrons. The van der Waals surface area contributed by atoms with E-state index in [0.29, 0.717) is 16.3 Å². The van der Waals surface area contributed by atoms with Gasteiger partial charge in [-0.05, 0) is 40.4 Å². The molecule has 0 aliphatic carbocycles. The highest BCUT2D eigenvalue weighted by Crippen LogP contribution is 2.36. The van der Waals surface area contributed by atoms with Crippen LogP contribution >= 0.6 is 39.3 Å². The molecule has 2 rings (SSSR count). The van der Waals surface area contributed by atoms with Gasteiger partial charge < -0.3 is 0 Å². The lowest BCUT2D eigenvalue weighted by Crippen LogP contribution is -1.92. The smallest absolute Gasteiger partial charge is 0.134 e. The Kier molecular flexibility index (Phi) is 3.80. The molecule has 1 aromatic carbocycles. The standard InChI is InChI=1S/C11H9BrClFN2S/c1-16-11(17-2)9(12)10(15-16)7-4-3-6(13)5-8(7)14/h3-5H,1-2H3. The molecular formula is C11H9BrClFN2S. The van der Waals surface area contributed by atoms with E-state index in [1.54, 1.807) is 28.6 Å². The van der Waals surface area contributed by atoms with Gasteiger partial charge in [0, 0.05) is 17.6 Å². The zero-order chi connectivity index (χ0) is 12.6. The summed E-state index contributed by atoms with van der Waals surface area (Å²) in [6.07, 6.45) is 1.95. The molecule has 0 saturated carbocycles. The lowest BCUT2D eigenvalue weighted by atomic mass is 10.1. The van der Waals surface area contributed by atoms with Crippen molar-refractivity contribution in [3.8, 4) is 11.3 Å². The molecule has 0 amide bonds. The number of rotatable bonds is 2. The minimum Gasteiger partial charge on any atom is -0.260 e. The summed E-state index contributed by atoms with van der Waals surface area (Å²) in [6, 6.07) is 4.57. The Hall–Kier alpha value is -0.520. The molecule has 0 bridgehead atoms. The highest BCUT2D eigenvalue weighted by Gasteiger charge is 2.17. The molecule has 0 radical (unpaired) electrons. The molecule has 0 saturated heterocycles. The van der Waals surface area contributed by atoms with E-state index in [1.807, 2.05) is 13.3 Å². The number of nitrogens with zero attached hydrogens (tertiary/aromatic N) is 2. The van der Waals surface area contributed by atoms with Crippen molar-refractivity contribution in [2.45, 2.75) is 5.03 Å². The van der Waals surface area contributed by atoms with Gasteiger partial charge in [0.25, 0.3) is 0 Å². The van der Waals surface area contributed by atoms with Crippen LogP contribution in [0.1, 0.15) is 0 Å². The molecule has 0 spiro atoms. The highest BCUT2D eigenvalue weighted by atomic mass is 79.9. The first-order chi connectivity index (χ1) is 8.04. The molecule has 17 heavy (non-hydrogen) atoms. The van der Waals surface area contributed by atoms with Crippen LogP contribution in [0.4, 0.5) is 4.39 Å². The Morgan fingerprint density at radius 3 is 2.71 bits per heavy atom. The van der Waals surface area contributed by atoms with Crippen molar-refractivity contribution in [3.63, 3.8) is 0 Å². The zero-order valence-corrected chi connectivity index (χ0v) is 12.3. The van der Waals surface area contributed by atoms with Gasteiger partial charge >= 0.3 is 0 Å². The number of thioether (sulfide) groups is 1. The van der Waals surface area contributed by atoms with Crippen LogP contribution in [0.2, 0.25) is 5.02 Å². The fourth-order valence-corrected chi connectivity index (χ4v) is 3.33. The van der Waals surface area contributed by atoms with Crippen molar-refractivity contribution < 1.29 is 4.39 Å². The van der Waals surface area contributed by atoms with Crippen LogP contribution in [0.15, 0.2) is 27.7 Å². The number of aromatic nitrogens is 2. The molecule has 0 fully saturated rings. The van der Waals surface area contributed by atoms with E-state index in [1.165, 1.54) is 6.07 Å². The summed E-state index contributed by atoms with van der Waals surface area (Å²) in [4.78, 5) is 0. The summed E-state index contributed by atoms with van der Waals surface area (Å²) in [5.74, 6) is -0.371. The second-order valence-electron chi connectivity index (χ2n) is 3.42. The third-order valence-electron chi connectivity index (χ3n) is 2.32. The van der Waals surface area contributed by atoms with Gasteiger partial charge in [-0.1, -0.05) is 11.6 Å². The van der Waals surface area contributed by atoms with Gasteiger partial charge in [0.2, 0.25) is 0 Å². The number of halogens is 3. The van der Waals surface area contributed by atoms with E-state index in [2.05, 4.69) is 21.0 Å². The fraction of sp³-hybridized carbons (Fsp3) is 0.182. The number of aryl methyl sites for hydroxylation is 1. The Labute approximate surface area is 116 Å². The number of hydrogen-bond acceptors (Lipinski definition) is 2. The van der Waals surface area contributed by atoms with Gasteiger partial charge in [0.15, 0.2) is 0 Å². The normalized spacial score (nSPS) is 10.9. The molecule has 0 aliphatic heterocycles. The Balaban J connectivity index is 2.61. The molecule has 0 aliphatic rings. The van der Waals surface area contributed by atoms with Crippen LogP contribution in [-0.2, 0) is 7.05 Å². The molecule has 2 aromatic rings. The molecule has 2 nitrogen and oxygen atoms in total. The maximum Gasteiger partial charge on any atom is 0.134 e. The molecule has 0 atom stereocenters. The first-order valence-corrected chi connectivity index (χ1v) is 7.16. The third kappa shape index (κ3) is 2.37. The van der Waals surface area contributed by atoms with E-state index < -0.39 is 0 Å². The Morgan fingerprint density at radius 1 is 1.47 bits per heavy atom. The van der Waals surface area contributed by atoms with Crippen LogP contribution < -0.4 is 0 Å². The topological polar surface area (TPSA) is 17.8 Å². The number of benzene rings is 1. The van der Waals surface area contributed by atoms with E-state index in [9.17, 15) is 4.39 Å². The second-order valence-corrected chi connectivity index (χ2v) is 5.44. The van der Waals surface area contributed by atoms with Gasteiger partial charge in [0.1, 0.15) is 16.5 Å². The second kappa shape index (κ2) is 5.00. The lowest BCUT2D eigenvalue weighted by Gasteiger charge is -2.00.